The molecule has 1 amide bonds. The molecule has 0 unspecified atom stereocenters. The summed E-state index contributed by atoms with van der Waals surface area (Å²) in [7, 11) is 0. The first-order chi connectivity index (χ1) is 5.70. The van der Waals surface area contributed by atoms with Gasteiger partial charge in [0.25, 0.3) is 5.56 Å². The number of aromatic amines is 1. The predicted octanol–water partition coefficient (Wildman–Crippen LogP) is -0.732. The fraction of sp³-hybridized carbons (Fsp3) is 0. The van der Waals surface area contributed by atoms with Crippen LogP contribution in [0.15, 0.2) is 23.4 Å². The zero-order valence-corrected chi connectivity index (χ0v) is 6.15. The Hall–Kier alpha value is -1.91. The van der Waals surface area contributed by atoms with E-state index in [0.717, 1.165) is 6.08 Å². The molecule has 0 aliphatic carbocycles. The van der Waals surface area contributed by atoms with E-state index in [0.29, 0.717) is 5.56 Å². The summed E-state index contributed by atoms with van der Waals surface area (Å²) in [5, 5.41) is 0. The number of nitrogens with one attached hydrogen (secondary N) is 1. The third-order valence-electron chi connectivity index (χ3n) is 1.17. The summed E-state index contributed by atoms with van der Waals surface area (Å²) in [5.41, 5.74) is 4.83. The number of carbonyl (C=O) groups excluding carboxylic acids is 1. The van der Waals surface area contributed by atoms with E-state index in [1.165, 1.54) is 18.6 Å². The third-order valence-corrected chi connectivity index (χ3v) is 1.17. The van der Waals surface area contributed by atoms with E-state index in [4.69, 9.17) is 5.73 Å². The molecule has 0 saturated carbocycles. The molecular formula is C7H7N3O2. The van der Waals surface area contributed by atoms with Gasteiger partial charge in [-0.1, -0.05) is 0 Å². The highest BCUT2D eigenvalue weighted by molar-refractivity contribution is 5.90. The standard InChI is InChI=1S/C7H7N3O2/c8-6(11)2-1-5-3-9-4-10-7(5)12/h1-4H,(H2,8,11)(H,9,10,12). The van der Waals surface area contributed by atoms with Crippen molar-refractivity contribution in [2.75, 3.05) is 0 Å². The Bertz CT molecular complexity index is 367. The summed E-state index contributed by atoms with van der Waals surface area (Å²) in [6, 6.07) is 0. The van der Waals surface area contributed by atoms with Crippen LogP contribution < -0.4 is 11.3 Å². The van der Waals surface area contributed by atoms with Crippen molar-refractivity contribution < 1.29 is 4.79 Å². The Morgan fingerprint density at radius 1 is 1.67 bits per heavy atom. The first-order valence-electron chi connectivity index (χ1n) is 3.20. The lowest BCUT2D eigenvalue weighted by Crippen LogP contribution is -2.10. The van der Waals surface area contributed by atoms with Crippen LogP contribution in [-0.4, -0.2) is 15.9 Å². The Labute approximate surface area is 67.9 Å². The van der Waals surface area contributed by atoms with Crippen LogP contribution in [0, 0.1) is 0 Å². The molecule has 1 aromatic rings. The molecule has 0 radical (unpaired) electrons. The lowest BCUT2D eigenvalue weighted by molar-refractivity contribution is -0.113. The van der Waals surface area contributed by atoms with Crippen LogP contribution in [-0.2, 0) is 4.79 Å². The molecule has 0 aliphatic heterocycles. The Balaban J connectivity index is 2.97. The SMILES string of the molecule is NC(=O)C=Cc1cnc[nH]c1=O. The second-order valence-electron chi connectivity index (χ2n) is 2.07. The van der Waals surface area contributed by atoms with Gasteiger partial charge in [0.05, 0.1) is 11.9 Å². The number of H-pyrrole nitrogens is 1. The van der Waals surface area contributed by atoms with E-state index in [1.807, 2.05) is 0 Å². The quantitative estimate of drug-likeness (QED) is 0.566. The first kappa shape index (κ1) is 8.19. The van der Waals surface area contributed by atoms with Crippen molar-refractivity contribution in [3.63, 3.8) is 0 Å². The Kier molecular flexibility index (Phi) is 2.37. The number of carbonyl (C=O) groups is 1. The molecule has 1 heterocycles. The lowest BCUT2D eigenvalue weighted by Gasteiger charge is -1.87. The summed E-state index contributed by atoms with van der Waals surface area (Å²) in [6.45, 7) is 0. The van der Waals surface area contributed by atoms with E-state index >= 15 is 0 Å². The maximum atomic E-state index is 10.9. The Morgan fingerprint density at radius 3 is 3.00 bits per heavy atom. The molecule has 1 aromatic heterocycles. The Morgan fingerprint density at radius 2 is 2.42 bits per heavy atom. The highest BCUT2D eigenvalue weighted by Gasteiger charge is 1.92. The van der Waals surface area contributed by atoms with Crippen LogP contribution in [0.2, 0.25) is 0 Å². The minimum atomic E-state index is -0.599. The normalized spacial score (nSPS) is 10.3. The third kappa shape index (κ3) is 2.05. The summed E-state index contributed by atoms with van der Waals surface area (Å²) in [4.78, 5) is 27.2. The molecule has 5 nitrogen and oxygen atoms in total. The van der Waals surface area contributed by atoms with Crippen molar-refractivity contribution in [2.24, 2.45) is 5.73 Å². The molecule has 0 spiro atoms. The summed E-state index contributed by atoms with van der Waals surface area (Å²) in [6.07, 6.45) is 5.03. The van der Waals surface area contributed by atoms with Gasteiger partial charge in [-0.25, -0.2) is 4.98 Å². The molecule has 3 N–H and O–H groups in total. The van der Waals surface area contributed by atoms with Crippen LogP contribution >= 0.6 is 0 Å². The lowest BCUT2D eigenvalue weighted by atomic mass is 10.3. The van der Waals surface area contributed by atoms with Crippen LogP contribution in [0.1, 0.15) is 5.56 Å². The van der Waals surface area contributed by atoms with Crippen LogP contribution in [0.3, 0.4) is 0 Å². The molecule has 0 aliphatic rings. The summed E-state index contributed by atoms with van der Waals surface area (Å²) >= 11 is 0. The minimum absolute atomic E-state index is 0.302. The number of amides is 1. The fourth-order valence-corrected chi connectivity index (χ4v) is 0.646. The highest BCUT2D eigenvalue weighted by atomic mass is 16.1. The maximum absolute atomic E-state index is 10.9. The molecule has 62 valence electrons. The minimum Gasteiger partial charge on any atom is -0.366 e. The first-order valence-corrected chi connectivity index (χ1v) is 3.20. The van der Waals surface area contributed by atoms with Gasteiger partial charge < -0.3 is 10.7 Å². The van der Waals surface area contributed by atoms with Crippen molar-refractivity contribution >= 4 is 12.0 Å². The highest BCUT2D eigenvalue weighted by Crippen LogP contribution is 1.88. The number of hydrogen-bond acceptors (Lipinski definition) is 3. The molecule has 0 aromatic carbocycles. The van der Waals surface area contributed by atoms with Gasteiger partial charge in [-0.3, -0.25) is 9.59 Å². The van der Waals surface area contributed by atoms with E-state index in [-0.39, 0.29) is 5.56 Å². The average Bonchev–Trinajstić information content (AvgIpc) is 2.03. The fourth-order valence-electron chi connectivity index (χ4n) is 0.646. The topological polar surface area (TPSA) is 88.8 Å². The smallest absolute Gasteiger partial charge is 0.257 e. The molecule has 1 rings (SSSR count). The number of nitrogens with zero attached hydrogens (tertiary/aromatic N) is 1. The zero-order chi connectivity index (χ0) is 8.97. The molecule has 0 fully saturated rings. The summed E-state index contributed by atoms with van der Waals surface area (Å²) in [5.74, 6) is -0.599. The van der Waals surface area contributed by atoms with Crippen molar-refractivity contribution in [1.82, 2.24) is 9.97 Å². The molecule has 12 heavy (non-hydrogen) atoms. The number of aromatic nitrogens is 2. The van der Waals surface area contributed by atoms with E-state index in [9.17, 15) is 9.59 Å². The summed E-state index contributed by atoms with van der Waals surface area (Å²) < 4.78 is 0. The maximum Gasteiger partial charge on any atom is 0.257 e. The van der Waals surface area contributed by atoms with Crippen LogP contribution in [0.25, 0.3) is 6.08 Å². The van der Waals surface area contributed by atoms with Crippen LogP contribution in [0.4, 0.5) is 0 Å². The predicted molar refractivity (Wildman–Crippen MR) is 43.1 cm³/mol. The van der Waals surface area contributed by atoms with Gasteiger partial charge in [-0.2, -0.15) is 0 Å². The zero-order valence-electron chi connectivity index (χ0n) is 6.15. The largest absolute Gasteiger partial charge is 0.366 e. The van der Waals surface area contributed by atoms with Gasteiger partial charge in [-0.15, -0.1) is 0 Å². The van der Waals surface area contributed by atoms with E-state index < -0.39 is 5.91 Å². The van der Waals surface area contributed by atoms with Crippen molar-refractivity contribution in [1.29, 1.82) is 0 Å². The molecule has 0 saturated heterocycles. The van der Waals surface area contributed by atoms with Gasteiger partial charge in [0, 0.05) is 12.3 Å². The molecule has 5 heteroatoms. The number of hydrogen-bond donors (Lipinski definition) is 2. The van der Waals surface area contributed by atoms with E-state index in [1.54, 1.807) is 0 Å². The molecule has 0 bridgehead atoms. The number of rotatable bonds is 2. The number of nitrogens with two attached hydrogens (primary N) is 1. The van der Waals surface area contributed by atoms with Gasteiger partial charge in [-0.05, 0) is 6.08 Å². The second-order valence-corrected chi connectivity index (χ2v) is 2.07. The second kappa shape index (κ2) is 3.47. The number of primary amides is 1. The van der Waals surface area contributed by atoms with Gasteiger partial charge in [0.2, 0.25) is 5.91 Å². The van der Waals surface area contributed by atoms with Crippen molar-refractivity contribution in [3.05, 3.63) is 34.5 Å². The monoisotopic (exact) mass is 165 g/mol. The van der Waals surface area contributed by atoms with Gasteiger partial charge in [0.15, 0.2) is 0 Å². The van der Waals surface area contributed by atoms with Crippen molar-refractivity contribution in [2.45, 2.75) is 0 Å². The van der Waals surface area contributed by atoms with Gasteiger partial charge in [0.1, 0.15) is 0 Å². The van der Waals surface area contributed by atoms with E-state index in [2.05, 4.69) is 9.97 Å². The van der Waals surface area contributed by atoms with Gasteiger partial charge >= 0.3 is 0 Å². The molecular weight excluding hydrogens is 158 g/mol. The average molecular weight is 165 g/mol. The van der Waals surface area contributed by atoms with Crippen molar-refractivity contribution in [3.8, 4) is 0 Å². The van der Waals surface area contributed by atoms with Crippen LogP contribution in [0.5, 0.6) is 0 Å². The molecule has 0 atom stereocenters.